The third-order valence-corrected chi connectivity index (χ3v) is 9.54. The summed E-state index contributed by atoms with van der Waals surface area (Å²) in [4.78, 5) is 41.8. The van der Waals surface area contributed by atoms with E-state index in [4.69, 9.17) is 42.6 Å². The highest BCUT2D eigenvalue weighted by Gasteiger charge is 2.23. The number of hydrogen-bond donors (Lipinski definition) is 3. The van der Waals surface area contributed by atoms with Gasteiger partial charge in [0.25, 0.3) is 0 Å². The van der Waals surface area contributed by atoms with Crippen molar-refractivity contribution in [1.29, 1.82) is 0 Å². The lowest BCUT2D eigenvalue weighted by Crippen LogP contribution is -2.24. The van der Waals surface area contributed by atoms with Crippen molar-refractivity contribution in [3.63, 3.8) is 0 Å². The van der Waals surface area contributed by atoms with E-state index in [1.807, 2.05) is 36.4 Å². The average molecular weight is 691 g/mol. The van der Waals surface area contributed by atoms with Crippen LogP contribution in [0.4, 0.5) is 0 Å². The van der Waals surface area contributed by atoms with Crippen LogP contribution in [0.3, 0.4) is 0 Å². The molecule has 2 aromatic heterocycles. The van der Waals surface area contributed by atoms with E-state index in [-0.39, 0.29) is 17.7 Å². The molecule has 2 fully saturated rings. The van der Waals surface area contributed by atoms with Gasteiger partial charge in [0.05, 0.1) is 48.0 Å². The zero-order valence-corrected chi connectivity index (χ0v) is 28.3. The van der Waals surface area contributed by atoms with Crippen LogP contribution >= 0.6 is 23.2 Å². The Morgan fingerprint density at radius 1 is 0.771 bits per heavy atom. The maximum Gasteiger partial charge on any atom is 0.237 e. The molecule has 2 amide bonds. The summed E-state index contributed by atoms with van der Waals surface area (Å²) in [5.74, 6) is 1.65. The SMILES string of the molecule is COc1nc(-c2cccc(-c3cccc(-c4cnc(CNC[C@@H]5CNC(=O)C5)c(OC)n4)c3Cl)c2Cl)cnc1CCC[C@@H]1CNC(=O)C1. The maximum absolute atomic E-state index is 11.5. The average Bonchev–Trinajstić information content (AvgIpc) is 3.72. The Morgan fingerprint density at radius 2 is 1.29 bits per heavy atom. The normalized spacial score (nSPS) is 17.3. The molecule has 0 radical (unpaired) electrons. The Bertz CT molecular complexity index is 1690. The van der Waals surface area contributed by atoms with Crippen molar-refractivity contribution in [2.24, 2.45) is 11.8 Å². The van der Waals surface area contributed by atoms with Crippen LogP contribution in [-0.2, 0) is 22.6 Å². The van der Waals surface area contributed by atoms with Crippen LogP contribution in [0.15, 0.2) is 48.8 Å². The lowest BCUT2D eigenvalue weighted by atomic mass is 9.98. The lowest BCUT2D eigenvalue weighted by molar-refractivity contribution is -0.120. The minimum absolute atomic E-state index is 0.0820. The first kappa shape index (κ1) is 33.6. The summed E-state index contributed by atoms with van der Waals surface area (Å²) < 4.78 is 11.2. The molecule has 2 aliphatic heterocycles. The zero-order chi connectivity index (χ0) is 33.6. The van der Waals surface area contributed by atoms with E-state index in [1.54, 1.807) is 26.6 Å². The minimum atomic E-state index is 0.0820. The molecule has 0 saturated carbocycles. The van der Waals surface area contributed by atoms with Crippen LogP contribution in [0.1, 0.15) is 37.1 Å². The Balaban J connectivity index is 1.20. The summed E-state index contributed by atoms with van der Waals surface area (Å²) >= 11 is 14.1. The molecule has 13 heteroatoms. The second-order valence-electron chi connectivity index (χ2n) is 12.0. The van der Waals surface area contributed by atoms with Crippen LogP contribution in [-0.4, -0.2) is 65.6 Å². The smallest absolute Gasteiger partial charge is 0.237 e. The minimum Gasteiger partial charge on any atom is -0.480 e. The standard InChI is InChI=1S/C35H37Cl2N7O4/c1-47-34-26(11-3-6-20-12-30(45)41-15-20)39-18-27(43-34)24-9-4-7-22(32(24)36)23-8-5-10-25(33(23)37)28-19-40-29(35(44-28)48-2)17-38-14-21-13-31(46)42-16-21/h4-5,7-10,18-21,38H,3,6,11-17H2,1-2H3,(H,41,45)(H,42,46)/t20-,21+/m0/s1. The topological polar surface area (TPSA) is 140 Å². The fraction of sp³-hybridized carbons (Fsp3) is 0.371. The first-order valence-electron chi connectivity index (χ1n) is 16.0. The molecule has 11 nitrogen and oxygen atoms in total. The molecule has 6 rings (SSSR count). The number of aryl methyl sites for hydroxylation is 1. The molecule has 2 aliphatic rings. The number of aromatic nitrogens is 4. The van der Waals surface area contributed by atoms with E-state index in [0.717, 1.165) is 36.2 Å². The molecule has 3 N–H and O–H groups in total. The van der Waals surface area contributed by atoms with Gasteiger partial charge in [-0.25, -0.2) is 9.97 Å². The summed E-state index contributed by atoms with van der Waals surface area (Å²) in [5, 5.41) is 10.0. The molecule has 2 aromatic carbocycles. The maximum atomic E-state index is 11.5. The Hall–Kier alpha value is -4.32. The second kappa shape index (κ2) is 15.3. The van der Waals surface area contributed by atoms with Crippen LogP contribution in [0.2, 0.25) is 10.0 Å². The third kappa shape index (κ3) is 7.53. The van der Waals surface area contributed by atoms with Crippen LogP contribution in [0.25, 0.3) is 33.6 Å². The molecular formula is C35H37Cl2N7O4. The summed E-state index contributed by atoms with van der Waals surface area (Å²) in [7, 11) is 3.14. The molecule has 0 spiro atoms. The van der Waals surface area contributed by atoms with Gasteiger partial charge in [-0.15, -0.1) is 0 Å². The molecule has 2 saturated heterocycles. The number of amides is 2. The fourth-order valence-electron chi connectivity index (χ4n) is 6.18. The molecular weight excluding hydrogens is 653 g/mol. The van der Waals surface area contributed by atoms with E-state index < -0.39 is 0 Å². The first-order valence-corrected chi connectivity index (χ1v) is 16.7. The monoisotopic (exact) mass is 689 g/mol. The number of hydrogen-bond acceptors (Lipinski definition) is 9. The van der Waals surface area contributed by atoms with Crippen molar-refractivity contribution in [1.82, 2.24) is 35.9 Å². The van der Waals surface area contributed by atoms with Gasteiger partial charge in [-0.05, 0) is 31.1 Å². The van der Waals surface area contributed by atoms with Crippen LogP contribution < -0.4 is 25.4 Å². The van der Waals surface area contributed by atoms with Crippen molar-refractivity contribution in [2.45, 2.75) is 38.6 Å². The molecule has 0 aliphatic carbocycles. The second-order valence-corrected chi connectivity index (χ2v) is 12.8. The summed E-state index contributed by atoms with van der Waals surface area (Å²) in [6, 6.07) is 11.4. The van der Waals surface area contributed by atoms with Gasteiger partial charge >= 0.3 is 0 Å². The Labute approximate surface area is 289 Å². The molecule has 4 aromatic rings. The van der Waals surface area contributed by atoms with Crippen molar-refractivity contribution < 1.29 is 19.1 Å². The molecule has 250 valence electrons. The van der Waals surface area contributed by atoms with Crippen molar-refractivity contribution in [2.75, 3.05) is 33.9 Å². The van der Waals surface area contributed by atoms with E-state index in [0.29, 0.717) is 94.8 Å². The highest BCUT2D eigenvalue weighted by molar-refractivity contribution is 6.39. The van der Waals surface area contributed by atoms with Gasteiger partial charge in [0.2, 0.25) is 23.6 Å². The van der Waals surface area contributed by atoms with E-state index in [2.05, 4.69) is 25.9 Å². The number of benzene rings is 2. The quantitative estimate of drug-likeness (QED) is 0.171. The van der Waals surface area contributed by atoms with E-state index in [9.17, 15) is 9.59 Å². The Kier molecular flexibility index (Phi) is 10.7. The zero-order valence-electron chi connectivity index (χ0n) is 26.8. The summed E-state index contributed by atoms with van der Waals surface area (Å²) in [5.41, 5.74) is 5.39. The number of rotatable bonds is 13. The molecule has 4 heterocycles. The highest BCUT2D eigenvalue weighted by Crippen LogP contribution is 2.42. The van der Waals surface area contributed by atoms with Gasteiger partial charge in [0.15, 0.2) is 0 Å². The number of ether oxygens (including phenoxy) is 2. The predicted molar refractivity (Wildman–Crippen MR) is 184 cm³/mol. The van der Waals surface area contributed by atoms with Crippen molar-refractivity contribution in [3.8, 4) is 45.4 Å². The van der Waals surface area contributed by atoms with Gasteiger partial charge < -0.3 is 25.4 Å². The van der Waals surface area contributed by atoms with Gasteiger partial charge in [-0.3, -0.25) is 19.6 Å². The summed E-state index contributed by atoms with van der Waals surface area (Å²) in [6.45, 7) is 2.54. The molecule has 2 atom stereocenters. The van der Waals surface area contributed by atoms with Crippen LogP contribution in [0.5, 0.6) is 11.8 Å². The fourth-order valence-corrected chi connectivity index (χ4v) is 6.83. The largest absolute Gasteiger partial charge is 0.480 e. The highest BCUT2D eigenvalue weighted by atomic mass is 35.5. The van der Waals surface area contributed by atoms with Crippen molar-refractivity contribution >= 4 is 35.0 Å². The summed E-state index contributed by atoms with van der Waals surface area (Å²) in [6.07, 6.45) is 7.01. The number of nitrogens with zero attached hydrogens (tertiary/aromatic N) is 4. The first-order chi connectivity index (χ1) is 23.3. The third-order valence-electron chi connectivity index (χ3n) is 8.72. The molecule has 0 bridgehead atoms. The van der Waals surface area contributed by atoms with Gasteiger partial charge in [0.1, 0.15) is 11.4 Å². The molecule has 48 heavy (non-hydrogen) atoms. The van der Waals surface area contributed by atoms with Gasteiger partial charge in [0, 0.05) is 61.3 Å². The number of nitrogens with one attached hydrogen (secondary N) is 3. The predicted octanol–water partition coefficient (Wildman–Crippen LogP) is 5.28. The lowest BCUT2D eigenvalue weighted by Gasteiger charge is -2.15. The Morgan fingerprint density at radius 3 is 1.83 bits per heavy atom. The number of carbonyl (C=O) groups is 2. The van der Waals surface area contributed by atoms with Gasteiger partial charge in [-0.2, -0.15) is 0 Å². The van der Waals surface area contributed by atoms with E-state index >= 15 is 0 Å². The van der Waals surface area contributed by atoms with Gasteiger partial charge in [-0.1, -0.05) is 59.6 Å². The van der Waals surface area contributed by atoms with Crippen molar-refractivity contribution in [3.05, 3.63) is 70.2 Å². The van der Waals surface area contributed by atoms with E-state index in [1.165, 1.54) is 0 Å². The number of halogens is 2. The van der Waals surface area contributed by atoms with Crippen LogP contribution in [0, 0.1) is 11.8 Å². The number of carbonyl (C=O) groups excluding carboxylic acids is 2. The number of methoxy groups -OCH3 is 2. The molecule has 0 unspecified atom stereocenters.